The van der Waals surface area contributed by atoms with Gasteiger partial charge in [-0.05, 0) is 36.5 Å². The molecule has 1 saturated carbocycles. The molecule has 0 bridgehead atoms. The second kappa shape index (κ2) is 5.91. The summed E-state index contributed by atoms with van der Waals surface area (Å²) in [5.74, 6) is -4.24. The van der Waals surface area contributed by atoms with Gasteiger partial charge in [-0.3, -0.25) is 29.8 Å². The highest BCUT2D eigenvalue weighted by atomic mass is 35.5. The number of halogens is 1. The van der Waals surface area contributed by atoms with E-state index in [2.05, 4.69) is 10.6 Å². The molecule has 6 atom stereocenters. The Kier molecular flexibility index (Phi) is 3.68. The highest BCUT2D eigenvalue weighted by Gasteiger charge is 2.58. The number of carbonyl (C=O) groups is 4. The molecule has 0 spiro atoms. The Balaban J connectivity index is 1.67. The fraction of sp³-hybridized carbons (Fsp3) is 0.400. The van der Waals surface area contributed by atoms with Crippen LogP contribution in [0.4, 0.5) is 0 Å². The van der Waals surface area contributed by atoms with Crippen LogP contribution in [-0.2, 0) is 19.2 Å². The predicted molar refractivity (Wildman–Crippen MR) is 96.9 cm³/mol. The number of imide groups is 2. The standard InChI is InChI=1S/C20H17ClN2O5/c21-13-5-7(24)1-2-9(13)14-8-3-4-10-15(19(27)22-17(10)25)11(8)6-12-16(14)20(28)23-18(12)26/h1-3,5,10-12,14-16,24H,4,6H2,(H,22,25,27)(H,23,26,28)/t10-,11+,12+,14+,15-,16+/m0/s1. The van der Waals surface area contributed by atoms with Gasteiger partial charge in [0.05, 0.1) is 23.7 Å². The topological polar surface area (TPSA) is 113 Å². The Bertz CT molecular complexity index is 987. The van der Waals surface area contributed by atoms with Gasteiger partial charge in [-0.1, -0.05) is 29.3 Å². The van der Waals surface area contributed by atoms with Crippen molar-refractivity contribution in [2.45, 2.75) is 18.8 Å². The van der Waals surface area contributed by atoms with Gasteiger partial charge in [0.25, 0.3) is 0 Å². The lowest BCUT2D eigenvalue weighted by atomic mass is 9.57. The van der Waals surface area contributed by atoms with Crippen molar-refractivity contribution >= 4 is 35.2 Å². The van der Waals surface area contributed by atoms with E-state index >= 15 is 0 Å². The molecule has 1 aromatic rings. The van der Waals surface area contributed by atoms with Gasteiger partial charge in [0.2, 0.25) is 23.6 Å². The van der Waals surface area contributed by atoms with Crippen molar-refractivity contribution in [2.75, 3.05) is 0 Å². The van der Waals surface area contributed by atoms with Gasteiger partial charge in [-0.2, -0.15) is 0 Å². The monoisotopic (exact) mass is 400 g/mol. The van der Waals surface area contributed by atoms with Gasteiger partial charge < -0.3 is 5.11 Å². The molecule has 3 N–H and O–H groups in total. The molecule has 4 amide bonds. The Labute approximate surface area is 165 Å². The van der Waals surface area contributed by atoms with E-state index in [1.54, 1.807) is 6.07 Å². The molecule has 0 aromatic heterocycles. The van der Waals surface area contributed by atoms with Crippen molar-refractivity contribution in [1.29, 1.82) is 0 Å². The van der Waals surface area contributed by atoms with Crippen LogP contribution in [0, 0.1) is 29.6 Å². The average molecular weight is 401 g/mol. The minimum Gasteiger partial charge on any atom is -0.508 e. The van der Waals surface area contributed by atoms with Gasteiger partial charge in [0.1, 0.15) is 5.75 Å². The number of amides is 4. The zero-order chi connectivity index (χ0) is 19.7. The van der Waals surface area contributed by atoms with E-state index in [1.807, 2.05) is 6.08 Å². The molecule has 2 saturated heterocycles. The summed E-state index contributed by atoms with van der Waals surface area (Å²) in [6, 6.07) is 4.55. The van der Waals surface area contributed by atoms with Gasteiger partial charge in [0.15, 0.2) is 0 Å². The van der Waals surface area contributed by atoms with E-state index in [0.717, 1.165) is 5.57 Å². The molecule has 2 aliphatic heterocycles. The number of phenols is 1. The number of fused-ring (bicyclic) bond motifs is 4. The zero-order valence-electron chi connectivity index (χ0n) is 14.6. The maximum Gasteiger partial charge on any atom is 0.231 e. The molecule has 3 fully saturated rings. The third kappa shape index (κ3) is 2.29. The molecule has 2 heterocycles. The lowest BCUT2D eigenvalue weighted by Gasteiger charge is -2.44. The zero-order valence-corrected chi connectivity index (χ0v) is 15.4. The van der Waals surface area contributed by atoms with E-state index < -0.39 is 29.6 Å². The number of allylic oxidation sites excluding steroid dienone is 2. The van der Waals surface area contributed by atoms with Crippen molar-refractivity contribution in [2.24, 2.45) is 29.6 Å². The quantitative estimate of drug-likeness (QED) is 0.485. The molecule has 7 nitrogen and oxygen atoms in total. The highest BCUT2D eigenvalue weighted by Crippen LogP contribution is 2.56. The van der Waals surface area contributed by atoms with Crippen LogP contribution in [0.5, 0.6) is 5.75 Å². The third-order valence-electron chi connectivity index (χ3n) is 6.65. The number of hydrogen-bond acceptors (Lipinski definition) is 5. The second-order valence-corrected chi connectivity index (χ2v) is 8.34. The van der Waals surface area contributed by atoms with E-state index in [-0.39, 0.29) is 35.3 Å². The number of hydrogen-bond donors (Lipinski definition) is 3. The van der Waals surface area contributed by atoms with Crippen LogP contribution >= 0.6 is 11.6 Å². The van der Waals surface area contributed by atoms with Crippen molar-refractivity contribution in [3.05, 3.63) is 40.4 Å². The summed E-state index contributed by atoms with van der Waals surface area (Å²) in [5.41, 5.74) is 1.52. The summed E-state index contributed by atoms with van der Waals surface area (Å²) in [7, 11) is 0. The van der Waals surface area contributed by atoms with Crippen LogP contribution in [0.1, 0.15) is 24.3 Å². The Morgan fingerprint density at radius 2 is 1.57 bits per heavy atom. The highest BCUT2D eigenvalue weighted by molar-refractivity contribution is 6.31. The van der Waals surface area contributed by atoms with Crippen LogP contribution < -0.4 is 10.6 Å². The molecule has 28 heavy (non-hydrogen) atoms. The Morgan fingerprint density at radius 1 is 0.893 bits per heavy atom. The molecule has 144 valence electrons. The van der Waals surface area contributed by atoms with Crippen molar-refractivity contribution < 1.29 is 24.3 Å². The fourth-order valence-electron chi connectivity index (χ4n) is 5.52. The van der Waals surface area contributed by atoms with E-state index in [1.165, 1.54) is 12.1 Å². The summed E-state index contributed by atoms with van der Waals surface area (Å²) in [6.07, 6.45) is 2.69. The van der Waals surface area contributed by atoms with Crippen LogP contribution in [-0.4, -0.2) is 28.7 Å². The minimum atomic E-state index is -0.617. The van der Waals surface area contributed by atoms with Crippen LogP contribution in [0.25, 0.3) is 0 Å². The summed E-state index contributed by atoms with van der Waals surface area (Å²) in [5, 5.41) is 14.8. The molecular weight excluding hydrogens is 384 g/mol. The first-order chi connectivity index (χ1) is 13.4. The number of phenolic OH excluding ortho intramolecular Hbond substituents is 1. The second-order valence-electron chi connectivity index (χ2n) is 7.94. The van der Waals surface area contributed by atoms with Crippen molar-refractivity contribution in [3.8, 4) is 5.75 Å². The first-order valence-electron chi connectivity index (χ1n) is 9.24. The number of rotatable bonds is 1. The molecule has 2 aliphatic carbocycles. The van der Waals surface area contributed by atoms with E-state index in [9.17, 15) is 24.3 Å². The lowest BCUT2D eigenvalue weighted by molar-refractivity contribution is -0.128. The van der Waals surface area contributed by atoms with Crippen molar-refractivity contribution in [3.63, 3.8) is 0 Å². The summed E-state index contributed by atoms with van der Waals surface area (Å²) in [4.78, 5) is 49.7. The molecule has 4 aliphatic rings. The predicted octanol–water partition coefficient (Wildman–Crippen LogP) is 1.26. The van der Waals surface area contributed by atoms with Crippen LogP contribution in [0.2, 0.25) is 5.02 Å². The molecule has 1 aromatic carbocycles. The maximum absolute atomic E-state index is 12.6. The third-order valence-corrected chi connectivity index (χ3v) is 6.98. The van der Waals surface area contributed by atoms with Gasteiger partial charge in [-0.25, -0.2) is 0 Å². The SMILES string of the molecule is O=C1NC(=O)[C@H]2CC=C3[C@@H](C[C@H]4C(=O)NC(=O)[C@H]4[C@H]3c3ccc(O)cc3Cl)[C@@H]12. The van der Waals surface area contributed by atoms with E-state index in [0.29, 0.717) is 23.4 Å². The number of carbonyl (C=O) groups excluding carboxylic acids is 4. The van der Waals surface area contributed by atoms with Gasteiger partial charge in [-0.15, -0.1) is 0 Å². The largest absolute Gasteiger partial charge is 0.508 e. The van der Waals surface area contributed by atoms with Gasteiger partial charge in [0, 0.05) is 10.9 Å². The molecule has 5 rings (SSSR count). The Hall–Kier alpha value is -2.67. The van der Waals surface area contributed by atoms with Crippen LogP contribution in [0.15, 0.2) is 29.8 Å². The minimum absolute atomic E-state index is 0.00284. The first kappa shape index (κ1) is 17.4. The molecule has 0 radical (unpaired) electrons. The Morgan fingerprint density at radius 3 is 2.29 bits per heavy atom. The lowest BCUT2D eigenvalue weighted by Crippen LogP contribution is -2.42. The van der Waals surface area contributed by atoms with E-state index in [4.69, 9.17) is 11.6 Å². The number of benzene rings is 1. The molecule has 0 unspecified atom stereocenters. The average Bonchev–Trinajstić information content (AvgIpc) is 3.09. The summed E-state index contributed by atoms with van der Waals surface area (Å²) in [6.45, 7) is 0. The summed E-state index contributed by atoms with van der Waals surface area (Å²) < 4.78 is 0. The van der Waals surface area contributed by atoms with Gasteiger partial charge >= 0.3 is 0 Å². The molecule has 8 heteroatoms. The number of aromatic hydroxyl groups is 1. The fourth-order valence-corrected chi connectivity index (χ4v) is 5.82. The summed E-state index contributed by atoms with van der Waals surface area (Å²) >= 11 is 6.39. The normalized spacial score (nSPS) is 36.2. The van der Waals surface area contributed by atoms with Crippen LogP contribution in [0.3, 0.4) is 0 Å². The number of nitrogens with one attached hydrogen (secondary N) is 2. The van der Waals surface area contributed by atoms with Crippen molar-refractivity contribution in [1.82, 2.24) is 10.6 Å². The smallest absolute Gasteiger partial charge is 0.231 e. The first-order valence-corrected chi connectivity index (χ1v) is 9.62. The molecular formula is C20H17ClN2O5. The maximum atomic E-state index is 12.6.